The third kappa shape index (κ3) is 3.23. The molecule has 0 aliphatic rings. The molecule has 2 rings (SSSR count). The number of benzene rings is 2. The van der Waals surface area contributed by atoms with Crippen molar-refractivity contribution in [3.8, 4) is 34.4 Å². The minimum Gasteiger partial charge on any atom is -0.496 e. The predicted molar refractivity (Wildman–Crippen MR) is 81.3 cm³/mol. The molecule has 0 amide bonds. The summed E-state index contributed by atoms with van der Waals surface area (Å²) in [5.41, 5.74) is -0.367. The van der Waals surface area contributed by atoms with Gasteiger partial charge in [0.15, 0.2) is 0 Å². The lowest BCUT2D eigenvalue weighted by atomic mass is 9.96. The number of nitrogens with zero attached hydrogens (tertiary/aromatic N) is 1. The highest BCUT2D eigenvalue weighted by Gasteiger charge is 2.31. The standard InChI is InChI=1S/C17H14F3NO3/c1-22-12-7-14(23-2)16(15(8-12)24-3)13-5-4-11(17(18,19)20)6-10(13)9-21/h4-8H,1-3H3. The van der Waals surface area contributed by atoms with Crippen LogP contribution in [0.1, 0.15) is 11.1 Å². The number of hydrogen-bond donors (Lipinski definition) is 0. The van der Waals surface area contributed by atoms with Crippen LogP contribution in [0.15, 0.2) is 30.3 Å². The highest BCUT2D eigenvalue weighted by molar-refractivity contribution is 5.82. The van der Waals surface area contributed by atoms with Gasteiger partial charge in [0.2, 0.25) is 0 Å². The van der Waals surface area contributed by atoms with Crippen molar-refractivity contribution >= 4 is 0 Å². The second-order valence-corrected chi connectivity index (χ2v) is 4.78. The summed E-state index contributed by atoms with van der Waals surface area (Å²) in [5, 5.41) is 9.27. The number of ether oxygens (including phenoxy) is 3. The van der Waals surface area contributed by atoms with Gasteiger partial charge in [-0.25, -0.2) is 0 Å². The van der Waals surface area contributed by atoms with Crippen LogP contribution in [-0.4, -0.2) is 21.3 Å². The van der Waals surface area contributed by atoms with E-state index >= 15 is 0 Å². The van der Waals surface area contributed by atoms with Gasteiger partial charge in [-0.3, -0.25) is 0 Å². The van der Waals surface area contributed by atoms with Crippen molar-refractivity contribution in [1.29, 1.82) is 5.26 Å². The fourth-order valence-electron chi connectivity index (χ4n) is 2.30. The van der Waals surface area contributed by atoms with Crippen molar-refractivity contribution in [2.45, 2.75) is 6.18 Å². The zero-order valence-electron chi connectivity index (χ0n) is 13.2. The third-order valence-electron chi connectivity index (χ3n) is 3.45. The van der Waals surface area contributed by atoms with E-state index in [1.54, 1.807) is 18.2 Å². The first kappa shape index (κ1) is 17.5. The Morgan fingerprint density at radius 1 is 0.917 bits per heavy atom. The molecule has 24 heavy (non-hydrogen) atoms. The number of halogens is 3. The van der Waals surface area contributed by atoms with Gasteiger partial charge in [-0.15, -0.1) is 0 Å². The van der Waals surface area contributed by atoms with E-state index in [1.807, 2.05) is 0 Å². The summed E-state index contributed by atoms with van der Waals surface area (Å²) in [6.45, 7) is 0. The maximum Gasteiger partial charge on any atom is 0.416 e. The number of nitriles is 1. The van der Waals surface area contributed by atoms with Crippen LogP contribution in [0.2, 0.25) is 0 Å². The molecular weight excluding hydrogens is 323 g/mol. The van der Waals surface area contributed by atoms with Gasteiger partial charge in [0.05, 0.1) is 44.1 Å². The van der Waals surface area contributed by atoms with Crippen LogP contribution in [0.25, 0.3) is 11.1 Å². The lowest BCUT2D eigenvalue weighted by molar-refractivity contribution is -0.137. The van der Waals surface area contributed by atoms with Gasteiger partial charge >= 0.3 is 6.18 Å². The highest BCUT2D eigenvalue weighted by Crippen LogP contribution is 2.44. The summed E-state index contributed by atoms with van der Waals surface area (Å²) in [4.78, 5) is 0. The normalized spacial score (nSPS) is 10.9. The fourth-order valence-corrected chi connectivity index (χ4v) is 2.30. The maximum absolute atomic E-state index is 12.9. The molecule has 0 heterocycles. The molecule has 2 aromatic rings. The molecule has 0 saturated heterocycles. The summed E-state index contributed by atoms with van der Waals surface area (Å²) in [6.07, 6.45) is -4.53. The summed E-state index contributed by atoms with van der Waals surface area (Å²) < 4.78 is 54.3. The number of alkyl halides is 3. The molecule has 0 aliphatic heterocycles. The molecule has 0 atom stereocenters. The van der Waals surface area contributed by atoms with Crippen LogP contribution in [0.3, 0.4) is 0 Å². The smallest absolute Gasteiger partial charge is 0.416 e. The van der Waals surface area contributed by atoms with E-state index in [-0.39, 0.29) is 11.1 Å². The summed E-state index contributed by atoms with van der Waals surface area (Å²) >= 11 is 0. The number of rotatable bonds is 4. The molecule has 0 N–H and O–H groups in total. The average molecular weight is 337 g/mol. The van der Waals surface area contributed by atoms with E-state index in [4.69, 9.17) is 14.2 Å². The van der Waals surface area contributed by atoms with Crippen LogP contribution < -0.4 is 14.2 Å². The fraction of sp³-hybridized carbons (Fsp3) is 0.235. The van der Waals surface area contributed by atoms with Crippen molar-refractivity contribution in [3.63, 3.8) is 0 Å². The molecule has 2 aromatic carbocycles. The van der Waals surface area contributed by atoms with E-state index in [0.29, 0.717) is 22.8 Å². The summed E-state index contributed by atoms with van der Waals surface area (Å²) in [6, 6.07) is 7.88. The predicted octanol–water partition coefficient (Wildman–Crippen LogP) is 4.27. The molecule has 0 saturated carbocycles. The Morgan fingerprint density at radius 2 is 1.50 bits per heavy atom. The second kappa shape index (κ2) is 6.71. The van der Waals surface area contributed by atoms with Gasteiger partial charge in [-0.1, -0.05) is 6.07 Å². The number of methoxy groups -OCH3 is 3. The van der Waals surface area contributed by atoms with Crippen molar-refractivity contribution < 1.29 is 27.4 Å². The first-order chi connectivity index (χ1) is 11.3. The molecule has 4 nitrogen and oxygen atoms in total. The second-order valence-electron chi connectivity index (χ2n) is 4.78. The van der Waals surface area contributed by atoms with Crippen molar-refractivity contribution in [2.24, 2.45) is 0 Å². The average Bonchev–Trinajstić information content (AvgIpc) is 2.58. The van der Waals surface area contributed by atoms with Gasteiger partial charge in [-0.2, -0.15) is 18.4 Å². The van der Waals surface area contributed by atoms with Gasteiger partial charge in [0.1, 0.15) is 17.2 Å². The van der Waals surface area contributed by atoms with Gasteiger partial charge in [0.25, 0.3) is 0 Å². The Kier molecular flexibility index (Phi) is 4.88. The van der Waals surface area contributed by atoms with E-state index in [0.717, 1.165) is 12.1 Å². The molecular formula is C17H14F3NO3. The highest BCUT2D eigenvalue weighted by atomic mass is 19.4. The molecule has 0 radical (unpaired) electrons. The zero-order valence-corrected chi connectivity index (χ0v) is 13.2. The summed E-state index contributed by atoms with van der Waals surface area (Å²) in [5.74, 6) is 1.10. The van der Waals surface area contributed by atoms with Crippen molar-refractivity contribution in [3.05, 3.63) is 41.5 Å². The minimum atomic E-state index is -4.53. The van der Waals surface area contributed by atoms with Crippen molar-refractivity contribution in [1.82, 2.24) is 0 Å². The summed E-state index contributed by atoms with van der Waals surface area (Å²) in [7, 11) is 4.29. The van der Waals surface area contributed by atoms with E-state index in [9.17, 15) is 18.4 Å². The van der Waals surface area contributed by atoms with E-state index in [2.05, 4.69) is 0 Å². The van der Waals surface area contributed by atoms with E-state index < -0.39 is 11.7 Å². The van der Waals surface area contributed by atoms with Gasteiger partial charge < -0.3 is 14.2 Å². The molecule has 0 aliphatic carbocycles. The SMILES string of the molecule is COc1cc(OC)c(-c2ccc(C(F)(F)F)cc2C#N)c(OC)c1. The van der Waals surface area contributed by atoms with Crippen LogP contribution in [0.4, 0.5) is 13.2 Å². The monoisotopic (exact) mass is 337 g/mol. The molecule has 7 heteroatoms. The molecule has 0 aromatic heterocycles. The molecule has 0 bridgehead atoms. The van der Waals surface area contributed by atoms with Crippen LogP contribution in [-0.2, 0) is 6.18 Å². The maximum atomic E-state index is 12.9. The van der Waals surface area contributed by atoms with E-state index in [1.165, 1.54) is 27.4 Å². The molecule has 126 valence electrons. The largest absolute Gasteiger partial charge is 0.496 e. The Bertz CT molecular complexity index is 770. The Labute approximate surface area is 137 Å². The lowest BCUT2D eigenvalue weighted by Gasteiger charge is -2.17. The van der Waals surface area contributed by atoms with Gasteiger partial charge in [-0.05, 0) is 12.1 Å². The van der Waals surface area contributed by atoms with Crippen LogP contribution in [0, 0.1) is 11.3 Å². The first-order valence-corrected chi connectivity index (χ1v) is 6.77. The molecule has 0 spiro atoms. The first-order valence-electron chi connectivity index (χ1n) is 6.77. The molecule has 0 unspecified atom stereocenters. The Morgan fingerprint density at radius 3 is 1.92 bits per heavy atom. The minimum absolute atomic E-state index is 0.133. The van der Waals surface area contributed by atoms with Gasteiger partial charge in [0, 0.05) is 17.7 Å². The lowest BCUT2D eigenvalue weighted by Crippen LogP contribution is -2.05. The van der Waals surface area contributed by atoms with Crippen molar-refractivity contribution in [2.75, 3.05) is 21.3 Å². The van der Waals surface area contributed by atoms with Crippen LogP contribution in [0.5, 0.6) is 17.2 Å². The van der Waals surface area contributed by atoms with Crippen LogP contribution >= 0.6 is 0 Å². The third-order valence-corrected chi connectivity index (χ3v) is 3.45. The topological polar surface area (TPSA) is 51.5 Å². The molecule has 0 fully saturated rings. The Balaban J connectivity index is 2.74. The number of hydrogen-bond acceptors (Lipinski definition) is 4. The quantitative estimate of drug-likeness (QED) is 0.836. The Hall–Kier alpha value is -2.88. The zero-order chi connectivity index (χ0) is 17.9.